The van der Waals surface area contributed by atoms with Crippen molar-refractivity contribution in [3.05, 3.63) is 95.4 Å². The van der Waals surface area contributed by atoms with E-state index in [1.807, 2.05) is 68.4 Å². The molecule has 6 heteroatoms. The molecule has 0 aliphatic carbocycles. The van der Waals surface area contributed by atoms with E-state index in [0.29, 0.717) is 34.9 Å². The van der Waals surface area contributed by atoms with Crippen LogP contribution in [0.5, 0.6) is 5.75 Å². The maximum Gasteiger partial charge on any atom is 0.278 e. The third-order valence-electron chi connectivity index (χ3n) is 4.97. The highest BCUT2D eigenvalue weighted by Gasteiger charge is 2.39. The minimum Gasteiger partial charge on any atom is -0.494 e. The van der Waals surface area contributed by atoms with Crippen LogP contribution in [-0.2, 0) is 16.1 Å². The summed E-state index contributed by atoms with van der Waals surface area (Å²) in [5.41, 5.74) is 3.68. The zero-order valence-corrected chi connectivity index (χ0v) is 17.5. The maximum absolute atomic E-state index is 13.3. The Morgan fingerprint density at radius 2 is 1.77 bits per heavy atom. The average molecular weight is 413 g/mol. The van der Waals surface area contributed by atoms with Gasteiger partial charge in [-0.15, -0.1) is 0 Å². The lowest BCUT2D eigenvalue weighted by atomic mass is 10.0. The van der Waals surface area contributed by atoms with Gasteiger partial charge in [0, 0.05) is 18.0 Å². The van der Waals surface area contributed by atoms with E-state index in [1.165, 1.54) is 4.90 Å². The summed E-state index contributed by atoms with van der Waals surface area (Å²) in [6.45, 7) is 4.53. The van der Waals surface area contributed by atoms with Crippen LogP contribution in [0.1, 0.15) is 23.7 Å². The molecule has 3 aromatic rings. The first-order valence-electron chi connectivity index (χ1n) is 10.1. The Hall–Kier alpha value is -3.93. The van der Waals surface area contributed by atoms with Gasteiger partial charge in [0.25, 0.3) is 11.8 Å². The van der Waals surface area contributed by atoms with Crippen LogP contribution in [0.3, 0.4) is 0 Å². The van der Waals surface area contributed by atoms with E-state index in [4.69, 9.17) is 4.74 Å². The quantitative estimate of drug-likeness (QED) is 0.589. The highest BCUT2D eigenvalue weighted by Crippen LogP contribution is 2.32. The maximum atomic E-state index is 13.3. The molecule has 0 unspecified atom stereocenters. The van der Waals surface area contributed by atoms with Gasteiger partial charge in [-0.1, -0.05) is 42.0 Å². The number of imide groups is 1. The van der Waals surface area contributed by atoms with Gasteiger partial charge in [0.1, 0.15) is 11.4 Å². The summed E-state index contributed by atoms with van der Waals surface area (Å²) < 4.78 is 5.56. The highest BCUT2D eigenvalue weighted by molar-refractivity contribution is 6.36. The second-order valence-electron chi connectivity index (χ2n) is 7.22. The third kappa shape index (κ3) is 4.33. The van der Waals surface area contributed by atoms with Gasteiger partial charge in [-0.3, -0.25) is 19.5 Å². The van der Waals surface area contributed by atoms with Crippen molar-refractivity contribution in [3.8, 4) is 5.75 Å². The number of hydrogen-bond donors (Lipinski definition) is 1. The first-order chi connectivity index (χ1) is 15.1. The standard InChI is InChI=1S/C25H23N3O3/c1-3-31-21-9-6-8-19(15-21)27-23-22(18-12-10-17(2)11-13-18)24(29)28(25(23)30)16-20-7-4-5-14-26-20/h4-15,27H,3,16H2,1-2H3. The van der Waals surface area contributed by atoms with Gasteiger partial charge < -0.3 is 10.1 Å². The van der Waals surface area contributed by atoms with Crippen molar-refractivity contribution in [1.29, 1.82) is 0 Å². The number of benzene rings is 2. The van der Waals surface area contributed by atoms with Crippen molar-refractivity contribution in [2.75, 3.05) is 11.9 Å². The minimum absolute atomic E-state index is 0.109. The molecule has 1 aliphatic heterocycles. The molecule has 1 aromatic heterocycles. The Labute approximate surface area is 181 Å². The molecule has 6 nitrogen and oxygen atoms in total. The molecule has 2 aromatic carbocycles. The van der Waals surface area contributed by atoms with Gasteiger partial charge >= 0.3 is 0 Å². The Balaban J connectivity index is 1.72. The molecule has 0 radical (unpaired) electrons. The first kappa shape index (κ1) is 20.3. The second-order valence-corrected chi connectivity index (χ2v) is 7.22. The molecular formula is C25H23N3O3. The molecule has 1 N–H and O–H groups in total. The SMILES string of the molecule is CCOc1cccc(NC2=C(c3ccc(C)cc3)C(=O)N(Cc3ccccn3)C2=O)c1. The van der Waals surface area contributed by atoms with E-state index in [-0.39, 0.29) is 24.1 Å². The molecule has 2 heterocycles. The van der Waals surface area contributed by atoms with E-state index in [9.17, 15) is 9.59 Å². The Kier molecular flexibility index (Phi) is 5.80. The van der Waals surface area contributed by atoms with E-state index < -0.39 is 0 Å². The number of nitrogens with zero attached hydrogens (tertiary/aromatic N) is 2. The monoisotopic (exact) mass is 413 g/mol. The van der Waals surface area contributed by atoms with Crippen molar-refractivity contribution in [2.45, 2.75) is 20.4 Å². The zero-order valence-electron chi connectivity index (χ0n) is 17.5. The molecule has 4 rings (SSSR count). The van der Waals surface area contributed by atoms with Crippen LogP contribution >= 0.6 is 0 Å². The number of carbonyl (C=O) groups excluding carboxylic acids is 2. The highest BCUT2D eigenvalue weighted by atomic mass is 16.5. The number of ether oxygens (including phenoxy) is 1. The average Bonchev–Trinajstić information content (AvgIpc) is 3.00. The fourth-order valence-electron chi connectivity index (χ4n) is 3.45. The van der Waals surface area contributed by atoms with Crippen molar-refractivity contribution >= 4 is 23.1 Å². The van der Waals surface area contributed by atoms with E-state index in [0.717, 1.165) is 5.56 Å². The molecule has 0 saturated carbocycles. The number of aryl methyl sites for hydroxylation is 1. The third-order valence-corrected chi connectivity index (χ3v) is 4.97. The van der Waals surface area contributed by atoms with Crippen LogP contribution < -0.4 is 10.1 Å². The van der Waals surface area contributed by atoms with Gasteiger partial charge in [-0.05, 0) is 43.7 Å². The number of carbonyl (C=O) groups is 2. The van der Waals surface area contributed by atoms with E-state index >= 15 is 0 Å². The number of aromatic nitrogens is 1. The molecular weight excluding hydrogens is 390 g/mol. The molecule has 2 amide bonds. The summed E-state index contributed by atoms with van der Waals surface area (Å²) in [5.74, 6) is -0.0388. The minimum atomic E-state index is -0.381. The summed E-state index contributed by atoms with van der Waals surface area (Å²) in [7, 11) is 0. The van der Waals surface area contributed by atoms with E-state index in [1.54, 1.807) is 18.3 Å². The van der Waals surface area contributed by atoms with Crippen molar-refractivity contribution in [1.82, 2.24) is 9.88 Å². The lowest BCUT2D eigenvalue weighted by Gasteiger charge is -2.15. The van der Waals surface area contributed by atoms with Crippen molar-refractivity contribution < 1.29 is 14.3 Å². The summed E-state index contributed by atoms with van der Waals surface area (Å²) in [4.78, 5) is 32.1. The van der Waals surface area contributed by atoms with E-state index in [2.05, 4.69) is 10.3 Å². The fraction of sp³-hybridized carbons (Fsp3) is 0.160. The summed E-state index contributed by atoms with van der Waals surface area (Å²) in [6, 6.07) is 20.3. The Bertz CT molecular complexity index is 1140. The van der Waals surface area contributed by atoms with Gasteiger partial charge in [-0.2, -0.15) is 0 Å². The largest absolute Gasteiger partial charge is 0.494 e. The number of pyridine rings is 1. The molecule has 0 fully saturated rings. The molecule has 0 bridgehead atoms. The van der Waals surface area contributed by atoms with Crippen LogP contribution in [0.25, 0.3) is 5.57 Å². The van der Waals surface area contributed by atoms with Gasteiger partial charge in [0.05, 0.1) is 24.4 Å². The summed E-state index contributed by atoms with van der Waals surface area (Å²) in [5, 5.41) is 3.17. The predicted octanol–water partition coefficient (Wildman–Crippen LogP) is 4.18. The van der Waals surface area contributed by atoms with Crippen molar-refractivity contribution in [3.63, 3.8) is 0 Å². The molecule has 0 saturated heterocycles. The fourth-order valence-corrected chi connectivity index (χ4v) is 3.45. The Morgan fingerprint density at radius 1 is 0.968 bits per heavy atom. The van der Waals surface area contributed by atoms with Crippen LogP contribution in [-0.4, -0.2) is 28.3 Å². The molecule has 156 valence electrons. The molecule has 1 aliphatic rings. The zero-order chi connectivity index (χ0) is 21.8. The first-order valence-corrected chi connectivity index (χ1v) is 10.1. The summed E-state index contributed by atoms with van der Waals surface area (Å²) in [6.07, 6.45) is 1.65. The Morgan fingerprint density at radius 3 is 2.48 bits per heavy atom. The predicted molar refractivity (Wildman–Crippen MR) is 119 cm³/mol. The van der Waals surface area contributed by atoms with Gasteiger partial charge in [0.2, 0.25) is 0 Å². The van der Waals surface area contributed by atoms with Crippen LogP contribution in [0.4, 0.5) is 5.69 Å². The van der Waals surface area contributed by atoms with Crippen LogP contribution in [0.2, 0.25) is 0 Å². The number of nitrogens with one attached hydrogen (secondary N) is 1. The summed E-state index contributed by atoms with van der Waals surface area (Å²) >= 11 is 0. The smallest absolute Gasteiger partial charge is 0.278 e. The number of anilines is 1. The topological polar surface area (TPSA) is 71.5 Å². The normalized spacial score (nSPS) is 13.7. The lowest BCUT2D eigenvalue weighted by molar-refractivity contribution is -0.137. The molecule has 0 spiro atoms. The number of hydrogen-bond acceptors (Lipinski definition) is 5. The van der Waals surface area contributed by atoms with Crippen LogP contribution in [0.15, 0.2) is 78.6 Å². The number of amides is 2. The molecule has 31 heavy (non-hydrogen) atoms. The van der Waals surface area contributed by atoms with Gasteiger partial charge in [-0.25, -0.2) is 0 Å². The lowest BCUT2D eigenvalue weighted by Crippen LogP contribution is -2.32. The second kappa shape index (κ2) is 8.83. The molecule has 0 atom stereocenters. The number of rotatable bonds is 7. The van der Waals surface area contributed by atoms with Crippen molar-refractivity contribution in [2.24, 2.45) is 0 Å². The van der Waals surface area contributed by atoms with Crippen LogP contribution in [0, 0.1) is 6.92 Å². The van der Waals surface area contributed by atoms with Gasteiger partial charge in [0.15, 0.2) is 0 Å².